The van der Waals surface area contributed by atoms with Crippen molar-refractivity contribution in [2.45, 2.75) is 26.4 Å². The molecule has 0 aliphatic rings. The maximum Gasteiger partial charge on any atom is 0.394 e. The Balaban J connectivity index is 1.74. The Kier molecular flexibility index (Phi) is 4.04. The van der Waals surface area contributed by atoms with Gasteiger partial charge in [0, 0.05) is 22.4 Å². The lowest BCUT2D eigenvalue weighted by atomic mass is 9.84. The molecule has 4 heteroatoms. The summed E-state index contributed by atoms with van der Waals surface area (Å²) in [5.41, 5.74) is -0.233. The summed E-state index contributed by atoms with van der Waals surface area (Å²) in [6.45, 7) is 2.50. The first kappa shape index (κ1) is 18.9. The molecule has 5 rings (SSSR count). The molecule has 1 nitrogen and oxygen atoms in total. The van der Waals surface area contributed by atoms with Crippen LogP contribution in [0.3, 0.4) is 0 Å². The van der Waals surface area contributed by atoms with Crippen molar-refractivity contribution in [3.8, 4) is 0 Å². The molecule has 0 saturated heterocycles. The van der Waals surface area contributed by atoms with Crippen LogP contribution in [0.2, 0.25) is 0 Å². The lowest BCUT2D eigenvalue weighted by molar-refractivity contribution is -0.211. The van der Waals surface area contributed by atoms with Gasteiger partial charge in [-0.3, -0.25) is 4.98 Å². The van der Waals surface area contributed by atoms with Crippen molar-refractivity contribution < 1.29 is 13.2 Å². The van der Waals surface area contributed by atoms with Crippen molar-refractivity contribution in [3.05, 3.63) is 78.5 Å². The van der Waals surface area contributed by atoms with Crippen LogP contribution < -0.4 is 0 Å². The summed E-state index contributed by atoms with van der Waals surface area (Å²) in [7, 11) is 0. The van der Waals surface area contributed by atoms with Crippen molar-refractivity contribution in [3.63, 3.8) is 0 Å². The van der Waals surface area contributed by atoms with Gasteiger partial charge < -0.3 is 0 Å². The molecule has 0 radical (unpaired) electrons. The van der Waals surface area contributed by atoms with Crippen molar-refractivity contribution in [2.75, 3.05) is 0 Å². The highest BCUT2D eigenvalue weighted by Crippen LogP contribution is 2.41. The van der Waals surface area contributed by atoms with Crippen molar-refractivity contribution in [1.29, 1.82) is 0 Å². The van der Waals surface area contributed by atoms with Crippen LogP contribution in [0.5, 0.6) is 0 Å². The van der Waals surface area contributed by atoms with Crippen LogP contribution in [-0.4, -0.2) is 11.2 Å². The molecule has 0 unspecified atom stereocenters. The lowest BCUT2D eigenvalue weighted by Gasteiger charge is -2.27. The van der Waals surface area contributed by atoms with Gasteiger partial charge >= 0.3 is 6.18 Å². The second-order valence-electron chi connectivity index (χ2n) is 8.58. The summed E-state index contributed by atoms with van der Waals surface area (Å²) < 4.78 is 40.1. The Labute approximate surface area is 172 Å². The minimum Gasteiger partial charge on any atom is -0.255 e. The molecule has 0 N–H and O–H groups in total. The van der Waals surface area contributed by atoms with Gasteiger partial charge in [-0.25, -0.2) is 0 Å². The van der Waals surface area contributed by atoms with E-state index < -0.39 is 11.6 Å². The van der Waals surface area contributed by atoms with Gasteiger partial charge in [0.25, 0.3) is 0 Å². The van der Waals surface area contributed by atoms with Gasteiger partial charge in [-0.05, 0) is 33.5 Å². The lowest BCUT2D eigenvalue weighted by Crippen LogP contribution is -2.34. The molecule has 30 heavy (non-hydrogen) atoms. The summed E-state index contributed by atoms with van der Waals surface area (Å²) >= 11 is 0. The number of fused-ring (bicyclic) bond motifs is 7. The molecular formula is C26H20F3N. The number of hydrogen-bond acceptors (Lipinski definition) is 1. The predicted molar refractivity (Wildman–Crippen MR) is 118 cm³/mol. The number of benzene rings is 4. The van der Waals surface area contributed by atoms with Crippen LogP contribution in [0.4, 0.5) is 13.2 Å². The van der Waals surface area contributed by atoms with Gasteiger partial charge in [0.05, 0.1) is 10.9 Å². The van der Waals surface area contributed by atoms with Gasteiger partial charge in [-0.15, -0.1) is 0 Å². The summed E-state index contributed by atoms with van der Waals surface area (Å²) in [6.07, 6.45) is -2.50. The van der Waals surface area contributed by atoms with E-state index in [1.54, 1.807) is 6.07 Å². The highest BCUT2D eigenvalue weighted by molar-refractivity contribution is 6.20. The zero-order valence-corrected chi connectivity index (χ0v) is 16.7. The monoisotopic (exact) mass is 403 g/mol. The van der Waals surface area contributed by atoms with E-state index in [0.717, 1.165) is 32.4 Å². The number of rotatable bonds is 2. The Bertz CT molecular complexity index is 1430. The van der Waals surface area contributed by atoms with E-state index in [2.05, 4.69) is 30.3 Å². The van der Waals surface area contributed by atoms with Gasteiger partial charge in [-0.1, -0.05) is 80.6 Å². The maximum atomic E-state index is 13.4. The fourth-order valence-corrected chi connectivity index (χ4v) is 4.23. The Morgan fingerprint density at radius 2 is 1.37 bits per heavy atom. The summed E-state index contributed by atoms with van der Waals surface area (Å²) in [5.74, 6) is 0. The third-order valence-electron chi connectivity index (χ3n) is 6.05. The largest absolute Gasteiger partial charge is 0.394 e. The molecule has 5 aromatic rings. The van der Waals surface area contributed by atoms with Crippen molar-refractivity contribution in [2.24, 2.45) is 5.41 Å². The van der Waals surface area contributed by atoms with Gasteiger partial charge in [0.1, 0.15) is 0 Å². The van der Waals surface area contributed by atoms with E-state index in [1.807, 2.05) is 36.5 Å². The molecule has 1 aromatic heterocycles. The SMILES string of the molecule is CC(C)(Cc1ccc2cnc3c(ccc4c5ccccc5ccc43)c2c1)C(F)(F)F. The first-order valence-electron chi connectivity index (χ1n) is 9.93. The van der Waals surface area contributed by atoms with Crippen LogP contribution in [0.25, 0.3) is 43.2 Å². The molecule has 0 aliphatic heterocycles. The molecule has 1 heterocycles. The first-order chi connectivity index (χ1) is 14.2. The molecular weight excluding hydrogens is 383 g/mol. The summed E-state index contributed by atoms with van der Waals surface area (Å²) in [5, 5.41) is 7.33. The quantitative estimate of drug-likeness (QED) is 0.274. The predicted octanol–water partition coefficient (Wildman–Crippen LogP) is 7.83. The second-order valence-corrected chi connectivity index (χ2v) is 8.58. The van der Waals surface area contributed by atoms with E-state index in [-0.39, 0.29) is 6.42 Å². The molecule has 0 amide bonds. The number of aromatic nitrogens is 1. The van der Waals surface area contributed by atoms with E-state index in [0.29, 0.717) is 5.56 Å². The number of halogens is 3. The molecule has 0 spiro atoms. The van der Waals surface area contributed by atoms with Gasteiger partial charge in [-0.2, -0.15) is 13.2 Å². The minimum atomic E-state index is -4.25. The van der Waals surface area contributed by atoms with Crippen LogP contribution >= 0.6 is 0 Å². The molecule has 0 fully saturated rings. The van der Waals surface area contributed by atoms with E-state index in [1.165, 1.54) is 24.6 Å². The third-order valence-corrected chi connectivity index (χ3v) is 6.05. The normalized spacial score (nSPS) is 13.0. The second kappa shape index (κ2) is 6.43. The average Bonchev–Trinajstić information content (AvgIpc) is 2.71. The number of hydrogen-bond donors (Lipinski definition) is 0. The smallest absolute Gasteiger partial charge is 0.255 e. The molecule has 0 saturated carbocycles. The molecule has 4 aromatic carbocycles. The summed E-state index contributed by atoms with van der Waals surface area (Å²) in [4.78, 5) is 4.71. The Morgan fingerprint density at radius 1 is 0.700 bits per heavy atom. The highest BCUT2D eigenvalue weighted by Gasteiger charge is 2.46. The Morgan fingerprint density at radius 3 is 2.17 bits per heavy atom. The van der Waals surface area contributed by atoms with Gasteiger partial charge in [0.2, 0.25) is 0 Å². The minimum absolute atomic E-state index is 0.0610. The fraction of sp³-hybridized carbons (Fsp3) is 0.192. The Hall–Kier alpha value is -3.14. The molecule has 0 aliphatic carbocycles. The van der Waals surface area contributed by atoms with E-state index >= 15 is 0 Å². The fourth-order valence-electron chi connectivity index (χ4n) is 4.23. The van der Waals surface area contributed by atoms with Crippen molar-refractivity contribution in [1.82, 2.24) is 4.98 Å². The molecule has 0 atom stereocenters. The van der Waals surface area contributed by atoms with Crippen LogP contribution in [0.15, 0.2) is 72.9 Å². The third kappa shape index (κ3) is 2.90. The maximum absolute atomic E-state index is 13.4. The number of pyridine rings is 1. The number of alkyl halides is 3. The molecule has 0 bridgehead atoms. The highest BCUT2D eigenvalue weighted by atomic mass is 19.4. The zero-order valence-electron chi connectivity index (χ0n) is 16.7. The molecule has 150 valence electrons. The summed E-state index contributed by atoms with van der Waals surface area (Å²) in [6, 6.07) is 22.1. The van der Waals surface area contributed by atoms with Gasteiger partial charge in [0.15, 0.2) is 0 Å². The first-order valence-corrected chi connectivity index (χ1v) is 9.93. The van der Waals surface area contributed by atoms with E-state index in [4.69, 9.17) is 4.98 Å². The van der Waals surface area contributed by atoms with Crippen molar-refractivity contribution >= 4 is 43.2 Å². The topological polar surface area (TPSA) is 12.9 Å². The van der Waals surface area contributed by atoms with Crippen LogP contribution in [0, 0.1) is 5.41 Å². The standard InChI is InChI=1S/C26H20F3N/c1-25(2,26(27,28)29)14-16-7-8-18-15-30-24-21-10-9-17-5-3-4-6-19(17)20(21)11-12-22(24)23(18)13-16/h3-13,15H,14H2,1-2H3. The van der Waals surface area contributed by atoms with E-state index in [9.17, 15) is 13.2 Å². The van der Waals surface area contributed by atoms with Crippen LogP contribution in [-0.2, 0) is 6.42 Å². The average molecular weight is 403 g/mol. The zero-order chi connectivity index (χ0) is 21.1. The van der Waals surface area contributed by atoms with Crippen LogP contribution in [0.1, 0.15) is 19.4 Å². The number of nitrogens with zero attached hydrogens (tertiary/aromatic N) is 1.